The van der Waals surface area contributed by atoms with Crippen molar-refractivity contribution in [3.8, 4) is 6.07 Å². The van der Waals surface area contributed by atoms with E-state index in [2.05, 4.69) is 16.4 Å². The molecule has 0 atom stereocenters. The van der Waals surface area contributed by atoms with E-state index < -0.39 is 10.0 Å². The molecule has 138 valence electrons. The molecule has 1 aromatic carbocycles. The molecule has 2 aromatic rings. The second-order valence-corrected chi connectivity index (χ2v) is 8.51. The van der Waals surface area contributed by atoms with Gasteiger partial charge in [-0.05, 0) is 25.1 Å². The minimum absolute atomic E-state index is 0.0323. The van der Waals surface area contributed by atoms with Crippen LogP contribution in [-0.4, -0.2) is 30.8 Å². The lowest BCUT2D eigenvalue weighted by molar-refractivity contribution is 0.445. The van der Waals surface area contributed by atoms with E-state index in [1.54, 1.807) is 19.9 Å². The molecular weight excluding hydrogens is 392 g/mol. The zero-order valence-electron chi connectivity index (χ0n) is 14.7. The van der Waals surface area contributed by atoms with E-state index >= 15 is 0 Å². The molecule has 6 nitrogen and oxygen atoms in total. The Bertz CT molecular complexity index is 957. The number of benzene rings is 1. The first kappa shape index (κ1) is 20.4. The number of hydrogen-bond acceptors (Lipinski definition) is 6. The summed E-state index contributed by atoms with van der Waals surface area (Å²) in [7, 11) is -3.68. The van der Waals surface area contributed by atoms with Crippen LogP contribution in [0.2, 0.25) is 5.02 Å². The summed E-state index contributed by atoms with van der Waals surface area (Å²) in [6.45, 7) is 6.11. The number of aromatic nitrogens is 1. The van der Waals surface area contributed by atoms with Gasteiger partial charge in [0, 0.05) is 36.1 Å². The van der Waals surface area contributed by atoms with Crippen LogP contribution < -0.4 is 5.32 Å². The van der Waals surface area contributed by atoms with Crippen LogP contribution in [0, 0.1) is 18.3 Å². The van der Waals surface area contributed by atoms with E-state index in [4.69, 9.17) is 11.6 Å². The topological polar surface area (TPSA) is 86.1 Å². The summed E-state index contributed by atoms with van der Waals surface area (Å²) >= 11 is 7.49. The summed E-state index contributed by atoms with van der Waals surface area (Å²) in [5.41, 5.74) is 1.72. The number of nitrogens with one attached hydrogen (secondary N) is 1. The molecule has 0 aliphatic carbocycles. The molecule has 2 rings (SSSR count). The molecule has 0 saturated carbocycles. The van der Waals surface area contributed by atoms with E-state index in [0.717, 1.165) is 5.69 Å². The van der Waals surface area contributed by atoms with Crippen LogP contribution in [0.25, 0.3) is 5.57 Å². The van der Waals surface area contributed by atoms with Gasteiger partial charge in [-0.15, -0.1) is 11.3 Å². The van der Waals surface area contributed by atoms with Crippen LogP contribution >= 0.6 is 22.9 Å². The highest BCUT2D eigenvalue weighted by Gasteiger charge is 2.24. The van der Waals surface area contributed by atoms with Crippen molar-refractivity contribution in [2.45, 2.75) is 25.7 Å². The Hall–Kier alpha value is -1.92. The molecule has 9 heteroatoms. The molecule has 0 amide bonds. The lowest BCUT2D eigenvalue weighted by atomic mass is 10.3. The van der Waals surface area contributed by atoms with E-state index in [1.807, 2.05) is 12.3 Å². The number of hydrogen-bond donors (Lipinski definition) is 1. The third-order valence-corrected chi connectivity index (χ3v) is 7.13. The fourth-order valence-electron chi connectivity index (χ4n) is 2.27. The third-order valence-electron chi connectivity index (χ3n) is 3.61. The van der Waals surface area contributed by atoms with Crippen molar-refractivity contribution in [3.63, 3.8) is 0 Å². The predicted octanol–water partition coefficient (Wildman–Crippen LogP) is 4.11. The fourth-order valence-corrected chi connectivity index (χ4v) is 4.99. The molecule has 0 radical (unpaired) electrons. The summed E-state index contributed by atoms with van der Waals surface area (Å²) in [5, 5.41) is 14.9. The van der Waals surface area contributed by atoms with E-state index in [1.165, 1.54) is 34.0 Å². The number of halogens is 1. The highest BCUT2D eigenvalue weighted by molar-refractivity contribution is 7.89. The Morgan fingerprint density at radius 1 is 1.42 bits per heavy atom. The molecule has 0 aliphatic rings. The molecule has 1 aromatic heterocycles. The first-order valence-corrected chi connectivity index (χ1v) is 10.6. The zero-order chi connectivity index (χ0) is 19.3. The van der Waals surface area contributed by atoms with Crippen molar-refractivity contribution in [2.75, 3.05) is 18.4 Å². The summed E-state index contributed by atoms with van der Waals surface area (Å²) in [6, 6.07) is 6.73. The highest BCUT2D eigenvalue weighted by Crippen LogP contribution is 2.28. The van der Waals surface area contributed by atoms with Crippen LogP contribution in [0.5, 0.6) is 0 Å². The van der Waals surface area contributed by atoms with Gasteiger partial charge in [0.25, 0.3) is 0 Å². The molecule has 0 fully saturated rings. The quantitative estimate of drug-likeness (QED) is 0.694. The number of anilines is 1. The molecule has 0 bridgehead atoms. The normalized spacial score (nSPS) is 12.2. The smallest absolute Gasteiger partial charge is 0.244 e. The first-order chi connectivity index (χ1) is 12.3. The van der Waals surface area contributed by atoms with Crippen molar-refractivity contribution in [1.82, 2.24) is 9.29 Å². The maximum atomic E-state index is 12.7. The maximum Gasteiger partial charge on any atom is 0.244 e. The van der Waals surface area contributed by atoms with Gasteiger partial charge in [-0.3, -0.25) is 0 Å². The molecule has 1 heterocycles. The van der Waals surface area contributed by atoms with Gasteiger partial charge in [-0.2, -0.15) is 9.57 Å². The van der Waals surface area contributed by atoms with E-state index in [-0.39, 0.29) is 9.92 Å². The van der Waals surface area contributed by atoms with Crippen molar-refractivity contribution in [1.29, 1.82) is 5.26 Å². The zero-order valence-corrected chi connectivity index (χ0v) is 17.0. The Morgan fingerprint density at radius 3 is 2.65 bits per heavy atom. The van der Waals surface area contributed by atoms with E-state index in [0.29, 0.717) is 29.4 Å². The number of rotatable bonds is 7. The second-order valence-electron chi connectivity index (χ2n) is 5.34. The summed E-state index contributed by atoms with van der Waals surface area (Å²) < 4.78 is 26.8. The van der Waals surface area contributed by atoms with Gasteiger partial charge in [0.1, 0.15) is 21.5 Å². The standard InChI is InChI=1S/C17H19ClN4O2S2/c1-4-22(5-2)26(23,24)16-8-14(6-7-15(16)18)20-10-13(9-19)17-21-12(3)11-25-17/h6-8,10-11,20H,4-5H2,1-3H3/b13-10+. The van der Waals surface area contributed by atoms with Crippen LogP contribution in [0.1, 0.15) is 24.5 Å². The number of nitriles is 1. The van der Waals surface area contributed by atoms with Gasteiger partial charge < -0.3 is 5.32 Å². The Morgan fingerprint density at radius 2 is 2.12 bits per heavy atom. The average molecular weight is 411 g/mol. The first-order valence-electron chi connectivity index (χ1n) is 7.92. The number of thiazole rings is 1. The maximum absolute atomic E-state index is 12.7. The summed E-state index contributed by atoms with van der Waals surface area (Å²) in [5.74, 6) is 0. The number of aryl methyl sites for hydroxylation is 1. The van der Waals surface area contributed by atoms with Gasteiger partial charge in [-0.1, -0.05) is 25.4 Å². The number of nitrogens with zero attached hydrogens (tertiary/aromatic N) is 3. The van der Waals surface area contributed by atoms with Crippen LogP contribution in [0.15, 0.2) is 34.7 Å². The number of allylic oxidation sites excluding steroid dienone is 1. The minimum Gasteiger partial charge on any atom is -0.360 e. The average Bonchev–Trinajstić information content (AvgIpc) is 3.03. The van der Waals surface area contributed by atoms with Crippen molar-refractivity contribution >= 4 is 44.2 Å². The molecule has 0 aliphatic heterocycles. The van der Waals surface area contributed by atoms with Crippen molar-refractivity contribution in [2.24, 2.45) is 0 Å². The van der Waals surface area contributed by atoms with Crippen LogP contribution in [0.4, 0.5) is 5.69 Å². The lowest BCUT2D eigenvalue weighted by Gasteiger charge is -2.19. The van der Waals surface area contributed by atoms with Crippen molar-refractivity contribution < 1.29 is 8.42 Å². The largest absolute Gasteiger partial charge is 0.360 e. The Labute approximate surface area is 162 Å². The van der Waals surface area contributed by atoms with Gasteiger partial charge in [0.15, 0.2) is 0 Å². The van der Waals surface area contributed by atoms with Gasteiger partial charge in [0.2, 0.25) is 10.0 Å². The SMILES string of the molecule is CCN(CC)S(=O)(=O)c1cc(N/C=C(\C#N)c2nc(C)cs2)ccc1Cl. The summed E-state index contributed by atoms with van der Waals surface area (Å²) in [6.07, 6.45) is 1.51. The second kappa shape index (κ2) is 8.64. The third kappa shape index (κ3) is 4.43. The fraction of sp³-hybridized carbons (Fsp3) is 0.294. The van der Waals surface area contributed by atoms with Gasteiger partial charge >= 0.3 is 0 Å². The van der Waals surface area contributed by atoms with Crippen LogP contribution in [-0.2, 0) is 10.0 Å². The molecule has 0 unspecified atom stereocenters. The monoisotopic (exact) mass is 410 g/mol. The molecule has 1 N–H and O–H groups in total. The minimum atomic E-state index is -3.68. The molecule has 0 saturated heterocycles. The van der Waals surface area contributed by atoms with Crippen molar-refractivity contribution in [3.05, 3.63) is 45.5 Å². The highest BCUT2D eigenvalue weighted by atomic mass is 35.5. The van der Waals surface area contributed by atoms with Gasteiger partial charge in [0.05, 0.1) is 5.02 Å². The van der Waals surface area contributed by atoms with E-state index in [9.17, 15) is 13.7 Å². The predicted molar refractivity (Wildman–Crippen MR) is 106 cm³/mol. The molecule has 0 spiro atoms. The van der Waals surface area contributed by atoms with Gasteiger partial charge in [-0.25, -0.2) is 13.4 Å². The summed E-state index contributed by atoms with van der Waals surface area (Å²) in [4.78, 5) is 4.31. The lowest BCUT2D eigenvalue weighted by Crippen LogP contribution is -2.30. The molecule has 26 heavy (non-hydrogen) atoms. The number of sulfonamides is 1. The molecular formula is C17H19ClN4O2S2. The Kier molecular flexibility index (Phi) is 6.78. The van der Waals surface area contributed by atoms with Crippen LogP contribution in [0.3, 0.4) is 0 Å². The Balaban J connectivity index is 2.35.